The number of carbonyl (C=O) groups is 2. The minimum Gasteiger partial charge on any atom is -0.493 e. The molecule has 2 aromatic carbocycles. The second kappa shape index (κ2) is 11.6. The van der Waals surface area contributed by atoms with Gasteiger partial charge >= 0.3 is 5.97 Å². The number of ether oxygens (including phenoxy) is 2. The number of rotatable bonds is 7. The highest BCUT2D eigenvalue weighted by atomic mass is 32.2. The second-order valence-electron chi connectivity index (χ2n) is 9.28. The molecule has 35 heavy (non-hydrogen) atoms. The molecular weight excluding hydrogens is 460 g/mol. The Hall–Kier alpha value is -3.06. The average Bonchev–Trinajstić information content (AvgIpc) is 3.18. The molecule has 0 spiro atoms. The summed E-state index contributed by atoms with van der Waals surface area (Å²) in [7, 11) is 1.36. The van der Waals surface area contributed by atoms with Gasteiger partial charge in [0.25, 0.3) is 5.91 Å². The van der Waals surface area contributed by atoms with Gasteiger partial charge in [0.05, 0.1) is 29.9 Å². The summed E-state index contributed by atoms with van der Waals surface area (Å²) in [6.07, 6.45) is 7.36. The molecule has 1 amide bonds. The summed E-state index contributed by atoms with van der Waals surface area (Å²) in [5.41, 5.74) is 2.11. The van der Waals surface area contributed by atoms with Crippen LogP contribution >= 0.6 is 11.8 Å². The van der Waals surface area contributed by atoms with Crippen LogP contribution in [0.5, 0.6) is 5.75 Å². The third-order valence-electron chi connectivity index (χ3n) is 6.05. The molecule has 2 aromatic rings. The van der Waals surface area contributed by atoms with Crippen molar-refractivity contribution in [1.29, 1.82) is 0 Å². The Bertz CT molecular complexity index is 1100. The SMILES string of the molecule is COC(=O)c1ccc(N=C2S/C(=C\c3ccc(OCC(C)C)cc3)C(=O)N2C2CCCCC2)cc1. The predicted octanol–water partition coefficient (Wildman–Crippen LogP) is 6.44. The maximum Gasteiger partial charge on any atom is 0.337 e. The van der Waals surface area contributed by atoms with Crippen molar-refractivity contribution < 1.29 is 19.1 Å². The van der Waals surface area contributed by atoms with Crippen LogP contribution in [0.2, 0.25) is 0 Å². The number of benzene rings is 2. The Morgan fingerprint density at radius 2 is 1.77 bits per heavy atom. The highest BCUT2D eigenvalue weighted by Crippen LogP contribution is 2.38. The van der Waals surface area contributed by atoms with Crippen LogP contribution in [-0.4, -0.2) is 41.7 Å². The van der Waals surface area contributed by atoms with Crippen molar-refractivity contribution in [2.75, 3.05) is 13.7 Å². The summed E-state index contributed by atoms with van der Waals surface area (Å²) >= 11 is 1.41. The van der Waals surface area contributed by atoms with Gasteiger partial charge in [0.2, 0.25) is 0 Å². The number of esters is 1. The Kier molecular flexibility index (Phi) is 8.29. The van der Waals surface area contributed by atoms with E-state index in [0.717, 1.165) is 37.0 Å². The van der Waals surface area contributed by atoms with Gasteiger partial charge < -0.3 is 9.47 Å². The molecule has 184 valence electrons. The molecule has 0 radical (unpaired) electrons. The molecule has 1 heterocycles. The Balaban J connectivity index is 1.59. The Morgan fingerprint density at radius 3 is 2.40 bits per heavy atom. The molecule has 1 saturated carbocycles. The van der Waals surface area contributed by atoms with Gasteiger partial charge in [0.15, 0.2) is 5.17 Å². The monoisotopic (exact) mass is 492 g/mol. The zero-order valence-electron chi connectivity index (χ0n) is 20.5. The molecule has 0 unspecified atom stereocenters. The number of hydrogen-bond acceptors (Lipinski definition) is 6. The number of hydrogen-bond donors (Lipinski definition) is 0. The highest BCUT2D eigenvalue weighted by Gasteiger charge is 2.38. The molecule has 1 saturated heterocycles. The first kappa shape index (κ1) is 25.0. The third-order valence-corrected chi connectivity index (χ3v) is 7.03. The number of amides is 1. The summed E-state index contributed by atoms with van der Waals surface area (Å²) in [4.78, 5) is 32.6. The number of nitrogens with zero attached hydrogens (tertiary/aromatic N) is 2. The quantitative estimate of drug-likeness (QED) is 0.328. The van der Waals surface area contributed by atoms with Crippen LogP contribution in [-0.2, 0) is 9.53 Å². The van der Waals surface area contributed by atoms with Crippen LogP contribution in [0.25, 0.3) is 6.08 Å². The zero-order chi connectivity index (χ0) is 24.8. The first-order chi connectivity index (χ1) is 16.9. The van der Waals surface area contributed by atoms with Gasteiger partial charge in [-0.3, -0.25) is 9.69 Å². The molecule has 2 aliphatic rings. The summed E-state index contributed by atoms with van der Waals surface area (Å²) < 4.78 is 10.5. The molecule has 1 aliphatic carbocycles. The lowest BCUT2D eigenvalue weighted by Crippen LogP contribution is -2.40. The van der Waals surface area contributed by atoms with Crippen molar-refractivity contribution in [2.24, 2.45) is 10.9 Å². The molecule has 2 fully saturated rings. The van der Waals surface area contributed by atoms with Gasteiger partial charge in [-0.2, -0.15) is 0 Å². The minimum atomic E-state index is -0.385. The van der Waals surface area contributed by atoms with Gasteiger partial charge in [-0.1, -0.05) is 45.2 Å². The van der Waals surface area contributed by atoms with Crippen molar-refractivity contribution in [2.45, 2.75) is 52.0 Å². The molecule has 1 aliphatic heterocycles. The largest absolute Gasteiger partial charge is 0.493 e. The number of thioether (sulfide) groups is 1. The average molecular weight is 493 g/mol. The van der Waals surface area contributed by atoms with Crippen molar-refractivity contribution in [3.05, 3.63) is 64.6 Å². The van der Waals surface area contributed by atoms with E-state index in [-0.39, 0.29) is 17.9 Å². The molecule has 0 atom stereocenters. The maximum atomic E-state index is 13.5. The fourth-order valence-corrected chi connectivity index (χ4v) is 5.26. The van der Waals surface area contributed by atoms with E-state index in [9.17, 15) is 9.59 Å². The fourth-order valence-electron chi connectivity index (χ4n) is 4.20. The molecular formula is C28H32N2O4S. The van der Waals surface area contributed by atoms with Crippen LogP contribution in [0, 0.1) is 5.92 Å². The number of carbonyl (C=O) groups excluding carboxylic acids is 2. The smallest absolute Gasteiger partial charge is 0.337 e. The van der Waals surface area contributed by atoms with Crippen LogP contribution < -0.4 is 4.74 Å². The first-order valence-electron chi connectivity index (χ1n) is 12.2. The van der Waals surface area contributed by atoms with E-state index in [1.165, 1.54) is 25.3 Å². The summed E-state index contributed by atoms with van der Waals surface area (Å²) in [6.45, 7) is 4.91. The summed E-state index contributed by atoms with van der Waals surface area (Å²) in [5, 5.41) is 0.691. The second-order valence-corrected chi connectivity index (χ2v) is 10.3. The summed E-state index contributed by atoms with van der Waals surface area (Å²) in [6, 6.07) is 14.9. The Morgan fingerprint density at radius 1 is 1.09 bits per heavy atom. The van der Waals surface area contributed by atoms with E-state index in [4.69, 9.17) is 14.5 Å². The van der Waals surface area contributed by atoms with Gasteiger partial charge in [-0.05, 0) is 78.6 Å². The van der Waals surface area contributed by atoms with Crippen molar-refractivity contribution in [3.8, 4) is 5.75 Å². The lowest BCUT2D eigenvalue weighted by Gasteiger charge is -2.30. The van der Waals surface area contributed by atoms with E-state index < -0.39 is 0 Å². The van der Waals surface area contributed by atoms with Crippen molar-refractivity contribution >= 4 is 40.6 Å². The molecule has 0 aromatic heterocycles. The normalized spacial score (nSPS) is 19.1. The lowest BCUT2D eigenvalue weighted by molar-refractivity contribution is -0.124. The van der Waals surface area contributed by atoms with E-state index in [1.807, 2.05) is 35.2 Å². The minimum absolute atomic E-state index is 0.00645. The zero-order valence-corrected chi connectivity index (χ0v) is 21.3. The maximum absolute atomic E-state index is 13.5. The van der Waals surface area contributed by atoms with Crippen LogP contribution in [0.3, 0.4) is 0 Å². The van der Waals surface area contributed by atoms with Gasteiger partial charge in [-0.25, -0.2) is 9.79 Å². The molecule has 0 bridgehead atoms. The molecule has 0 N–H and O–H groups in total. The lowest BCUT2D eigenvalue weighted by atomic mass is 9.94. The van der Waals surface area contributed by atoms with Crippen molar-refractivity contribution in [1.82, 2.24) is 4.90 Å². The number of aliphatic imine (C=N–C) groups is 1. The fraction of sp³-hybridized carbons (Fsp3) is 0.393. The van der Waals surface area contributed by atoms with Crippen LogP contribution in [0.4, 0.5) is 5.69 Å². The molecule has 4 rings (SSSR count). The topological polar surface area (TPSA) is 68.2 Å². The number of methoxy groups -OCH3 is 1. The predicted molar refractivity (Wildman–Crippen MR) is 141 cm³/mol. The highest BCUT2D eigenvalue weighted by molar-refractivity contribution is 8.18. The van der Waals surface area contributed by atoms with Gasteiger partial charge in [-0.15, -0.1) is 0 Å². The Labute approximate surface area is 211 Å². The molecule has 6 nitrogen and oxygen atoms in total. The third kappa shape index (κ3) is 6.34. The van der Waals surface area contributed by atoms with E-state index in [1.54, 1.807) is 24.3 Å². The van der Waals surface area contributed by atoms with Crippen LogP contribution in [0.1, 0.15) is 61.9 Å². The standard InChI is InChI=1S/C28H32N2O4S/c1-19(2)18-34-24-15-9-20(10-16-24)17-25-26(31)30(23-7-5-4-6-8-23)28(35-25)29-22-13-11-21(12-14-22)27(32)33-3/h9-17,19,23H,4-8,18H2,1-3H3/b25-17-,29-28?. The van der Waals surface area contributed by atoms with E-state index >= 15 is 0 Å². The number of amidine groups is 1. The van der Waals surface area contributed by atoms with Gasteiger partial charge in [0.1, 0.15) is 5.75 Å². The summed E-state index contributed by atoms with van der Waals surface area (Å²) in [5.74, 6) is 0.911. The molecule has 7 heteroatoms. The van der Waals surface area contributed by atoms with E-state index in [0.29, 0.717) is 33.8 Å². The first-order valence-corrected chi connectivity index (χ1v) is 13.0. The van der Waals surface area contributed by atoms with Gasteiger partial charge in [0, 0.05) is 6.04 Å². The van der Waals surface area contributed by atoms with Crippen molar-refractivity contribution in [3.63, 3.8) is 0 Å². The van der Waals surface area contributed by atoms with E-state index in [2.05, 4.69) is 13.8 Å². The van der Waals surface area contributed by atoms with Crippen LogP contribution in [0.15, 0.2) is 58.4 Å².